The molecule has 4 aromatic carbocycles. The summed E-state index contributed by atoms with van der Waals surface area (Å²) in [4.78, 5) is 26.9. The van der Waals surface area contributed by atoms with Crippen molar-refractivity contribution in [1.82, 2.24) is 39.5 Å². The molecule has 3 N–H and O–H groups in total. The monoisotopic (exact) mass is 1360 g/mol. The maximum Gasteiger partial charge on any atom is 4.00 e. The van der Waals surface area contributed by atoms with Gasteiger partial charge in [-0.3, -0.25) is 0 Å². The van der Waals surface area contributed by atoms with Crippen LogP contribution in [0.3, 0.4) is 0 Å². The molecule has 20 nitrogen and oxygen atoms in total. The molecule has 0 atom stereocenters. The van der Waals surface area contributed by atoms with Gasteiger partial charge >= 0.3 is 23.9 Å². The Morgan fingerprint density at radius 2 is 0.573 bits per heavy atom. The molecule has 0 fully saturated rings. The van der Waals surface area contributed by atoms with Gasteiger partial charge in [0.15, 0.2) is 0 Å². The van der Waals surface area contributed by atoms with Crippen LogP contribution in [0.4, 0.5) is 0 Å². The van der Waals surface area contributed by atoms with E-state index in [2.05, 4.69) is 49.2 Å². The number of nitrogens with zero attached hydrogens (tertiary/aromatic N) is 5. The van der Waals surface area contributed by atoms with Crippen LogP contribution >= 0.6 is 0 Å². The Labute approximate surface area is 524 Å². The van der Waals surface area contributed by atoms with Gasteiger partial charge in [0.05, 0.1) is 76.2 Å². The summed E-state index contributed by atoms with van der Waals surface area (Å²) in [7, 11) is -19.8. The number of aromatic amines is 3. The molecule has 0 saturated carbocycles. The van der Waals surface area contributed by atoms with Crippen molar-refractivity contribution < 1.29 is 51.9 Å². The van der Waals surface area contributed by atoms with Crippen molar-refractivity contribution >= 4 is 157 Å². The third kappa shape index (κ3) is 12.8. The normalized spacial score (nSPS) is 12.8. The maximum atomic E-state index is 12.2. The van der Waals surface area contributed by atoms with Gasteiger partial charge in [0.2, 0.25) is 0 Å². The summed E-state index contributed by atoms with van der Waals surface area (Å²) < 4.78 is 148. The van der Waals surface area contributed by atoms with Crippen molar-refractivity contribution in [2.75, 3.05) is 0 Å². The van der Waals surface area contributed by atoms with Crippen LogP contribution in [-0.2, 0) is 40.5 Å². The molecule has 0 unspecified atom stereocenters. The van der Waals surface area contributed by atoms with Gasteiger partial charge < -0.3 is 37.7 Å². The topological polar surface area (TPSA) is 333 Å². The number of hydrogen-bond donors (Lipinski definition) is 3. The van der Waals surface area contributed by atoms with Crippen LogP contribution in [0.15, 0.2) is 196 Å². The Kier molecular flexibility index (Phi) is 15.6. The first-order valence-corrected chi connectivity index (χ1v) is 32.1. The third-order valence-corrected chi connectivity index (χ3v) is 17.8. The molecular weight excluding hydrogens is 1320 g/mol. The second-order valence-electron chi connectivity index (χ2n) is 20.3. The molecule has 0 spiro atoms. The zero-order valence-electron chi connectivity index (χ0n) is 45.6. The molecule has 6 aromatic heterocycles. The van der Waals surface area contributed by atoms with Crippen molar-refractivity contribution in [3.63, 3.8) is 0 Å². The minimum Gasteiger partial charge on any atom is -0.744 e. The number of fused-ring (bicyclic) bond motifs is 16. The average Bonchev–Trinajstić information content (AvgIpc) is 1.61. The fourth-order valence-electron chi connectivity index (χ4n) is 10.5. The molecular formula is C64H40N8O12S4Sn. The summed E-state index contributed by atoms with van der Waals surface area (Å²) >= 11 is 0. The van der Waals surface area contributed by atoms with Crippen molar-refractivity contribution in [2.45, 2.75) is 19.6 Å². The van der Waals surface area contributed by atoms with E-state index < -0.39 is 60.1 Å². The predicted octanol–water partition coefficient (Wildman–Crippen LogP) is 11.0. The molecule has 0 amide bonds. The summed E-state index contributed by atoms with van der Waals surface area (Å²) in [6.07, 6.45) is 14.9. The van der Waals surface area contributed by atoms with E-state index in [1.54, 1.807) is 47.1 Å². The summed E-state index contributed by atoms with van der Waals surface area (Å²) in [5.74, 6) is 0. The second-order valence-corrected chi connectivity index (χ2v) is 25.9. The van der Waals surface area contributed by atoms with E-state index in [4.69, 9.17) is 9.97 Å². The van der Waals surface area contributed by atoms with E-state index in [-0.39, 0.29) is 68.6 Å². The molecule has 10 aromatic rings. The van der Waals surface area contributed by atoms with Crippen LogP contribution < -0.4 is 0 Å². The number of hydrogen-bond acceptors (Lipinski definition) is 16. The minimum absolute atomic E-state index is 0. The fraction of sp³-hybridized carbons (Fsp3) is 0. The second kappa shape index (κ2) is 23.2. The number of nitrogens with one attached hydrogen (secondary N) is 3. The Morgan fingerprint density at radius 3 is 0.899 bits per heavy atom. The fourth-order valence-corrected chi connectivity index (χ4v) is 12.4. The van der Waals surface area contributed by atoms with E-state index in [0.29, 0.717) is 39.2 Å². The predicted molar refractivity (Wildman–Crippen MR) is 337 cm³/mol. The number of benzene rings is 4. The molecule has 0 saturated heterocycles. The molecule has 89 heavy (non-hydrogen) atoms. The summed E-state index contributed by atoms with van der Waals surface area (Å²) in [6, 6.07) is 45.0. The van der Waals surface area contributed by atoms with E-state index >= 15 is 0 Å². The molecule has 436 valence electrons. The van der Waals surface area contributed by atoms with Gasteiger partial charge in [0.25, 0.3) is 0 Å². The number of rotatable bonds is 8. The number of aromatic nitrogens is 8. The molecule has 4 aliphatic rings. The van der Waals surface area contributed by atoms with Crippen molar-refractivity contribution in [3.8, 4) is 39.1 Å². The summed E-state index contributed by atoms with van der Waals surface area (Å²) in [5, 5.41) is 0. The quantitative estimate of drug-likeness (QED) is 0.0940. The average molecular weight is 1360 g/mol. The first-order valence-electron chi connectivity index (χ1n) is 26.5. The van der Waals surface area contributed by atoms with Crippen LogP contribution in [0.5, 0.6) is 0 Å². The summed E-state index contributed by atoms with van der Waals surface area (Å²) in [6.45, 7) is 0. The molecule has 4 aliphatic heterocycles. The van der Waals surface area contributed by atoms with E-state index in [9.17, 15) is 51.9 Å². The molecule has 14 rings (SSSR count). The zero-order valence-corrected chi connectivity index (χ0v) is 51.8. The van der Waals surface area contributed by atoms with Gasteiger partial charge in [-0.2, -0.15) is 0 Å². The van der Waals surface area contributed by atoms with Crippen LogP contribution in [-0.4, -0.2) is 115 Å². The van der Waals surface area contributed by atoms with Gasteiger partial charge in [-0.05, 0) is 205 Å². The third-order valence-electron chi connectivity index (χ3n) is 14.4. The van der Waals surface area contributed by atoms with Crippen molar-refractivity contribution in [2.24, 2.45) is 0 Å². The van der Waals surface area contributed by atoms with Crippen molar-refractivity contribution in [1.29, 1.82) is 0 Å². The molecule has 0 radical (unpaired) electrons. The molecule has 16 bridgehead atoms. The molecule has 10 heterocycles. The first-order chi connectivity index (χ1) is 42.0. The van der Waals surface area contributed by atoms with Crippen molar-refractivity contribution in [3.05, 3.63) is 221 Å². The SMILES string of the molecule is C1=Cc2cc3ccc(cc4nc(cc5ccc(cc1n2)[nH]5)C=C4)[nH]3.O=S(=O)([O-])c1ccc(-c2c(-c3ccc(S(=O)(=O)[O-])cc3)c3c(-c4ccc(S(=O)(=O)[O-])cc4)c4nc(cc5ccc(cc6nc(cc2n3-c2ccc(S(=O)(=O)[O-])cc2)C=C6)[nH]5)C=C4)cc1.[Sn+4]. The van der Waals surface area contributed by atoms with Crippen LogP contribution in [0.2, 0.25) is 0 Å². The summed E-state index contributed by atoms with van der Waals surface area (Å²) in [5.41, 5.74) is 13.2. The van der Waals surface area contributed by atoms with Gasteiger partial charge in [0.1, 0.15) is 40.5 Å². The first kappa shape index (κ1) is 59.8. The maximum absolute atomic E-state index is 12.2. The van der Waals surface area contributed by atoms with Gasteiger partial charge in [-0.1, -0.05) is 36.4 Å². The van der Waals surface area contributed by atoms with E-state index in [1.807, 2.05) is 60.7 Å². The largest absolute Gasteiger partial charge is 4.00 e. The van der Waals surface area contributed by atoms with Crippen LogP contribution in [0, 0.1) is 0 Å². The molecule has 0 aliphatic carbocycles. The minimum atomic E-state index is -4.96. The zero-order chi connectivity index (χ0) is 61.3. The van der Waals surface area contributed by atoms with Crippen LogP contribution in [0.25, 0.3) is 132 Å². The molecule has 25 heteroatoms. The smallest absolute Gasteiger partial charge is 0.744 e. The van der Waals surface area contributed by atoms with Gasteiger partial charge in [-0.25, -0.2) is 53.6 Å². The van der Waals surface area contributed by atoms with E-state index in [0.717, 1.165) is 93.4 Å². The Balaban J connectivity index is 0.000000255. The Bertz CT molecular complexity index is 5370. The van der Waals surface area contributed by atoms with Crippen LogP contribution in [0.1, 0.15) is 45.6 Å². The van der Waals surface area contributed by atoms with Gasteiger partial charge in [0, 0.05) is 55.5 Å². The van der Waals surface area contributed by atoms with E-state index in [1.165, 1.54) is 48.5 Å². The Hall–Kier alpha value is -9.48. The Morgan fingerprint density at radius 1 is 0.303 bits per heavy atom. The van der Waals surface area contributed by atoms with Gasteiger partial charge in [-0.15, -0.1) is 0 Å². The number of H-pyrrole nitrogens is 3. The standard InChI is InChI=1S/C44H30N4O12S4.C20H14N4.Sn/c49-61(50,51)35-14-1-26(2-15-35)41-39-22-11-32(47-39)24-31-8-7-29(45-31)23-30-9-10-33(46-30)25-40-42(27-3-16-36(17-4-27)62(52,53)54)43(28-5-18-37(19-6-28)63(55,56)57)44(41)48(40)34-12-20-38(21-13-34)64(58,59)60;1-2-14-10-16-5-6-18(23-16)12-20-8-7-19(24-20)11-17-4-3-15(22-17)9-13(1)21-14;/h1-25,45H,(H,49,50,51)(H,52,53,54)(H,55,56,57)(H,58,59,60);1-12,21,24H;/q;;+4/p-4.